The van der Waals surface area contributed by atoms with E-state index in [1.807, 2.05) is 0 Å². The molecule has 0 spiro atoms. The van der Waals surface area contributed by atoms with Crippen LogP contribution in [0, 0.1) is 11.6 Å². The molecule has 2 aromatic carbocycles. The Hall–Kier alpha value is -2.80. The summed E-state index contributed by atoms with van der Waals surface area (Å²) in [4.78, 5) is 23.0. The highest BCUT2D eigenvalue weighted by atomic mass is 19.1. The molecule has 0 aliphatic carbocycles. The number of carbonyl (C=O) groups excluding carboxylic acids is 2. The van der Waals surface area contributed by atoms with E-state index in [1.165, 1.54) is 37.3 Å². The second kappa shape index (κ2) is 7.65. The summed E-state index contributed by atoms with van der Waals surface area (Å²) >= 11 is 0. The molecule has 2 aromatic rings. The fraction of sp³-hybridized carbons (Fsp3) is 0.176. The molecule has 0 aromatic heterocycles. The van der Waals surface area contributed by atoms with Gasteiger partial charge in [0.2, 0.25) is 11.8 Å². The molecule has 24 heavy (non-hydrogen) atoms. The Morgan fingerprint density at radius 1 is 1.12 bits per heavy atom. The van der Waals surface area contributed by atoms with Crippen molar-refractivity contribution in [2.24, 2.45) is 0 Å². The number of halogens is 2. The van der Waals surface area contributed by atoms with Gasteiger partial charge in [-0.2, -0.15) is 0 Å². The molecular formula is C17H16F2N2O3. The van der Waals surface area contributed by atoms with Crippen molar-refractivity contribution < 1.29 is 23.5 Å². The summed E-state index contributed by atoms with van der Waals surface area (Å²) in [5.74, 6) is -2.19. The molecule has 1 atom stereocenters. The van der Waals surface area contributed by atoms with Gasteiger partial charge in [-0.15, -0.1) is 0 Å². The Morgan fingerprint density at radius 2 is 1.88 bits per heavy atom. The van der Waals surface area contributed by atoms with E-state index < -0.39 is 23.6 Å². The minimum absolute atomic E-state index is 0.127. The van der Waals surface area contributed by atoms with Gasteiger partial charge in [-0.25, -0.2) is 8.78 Å². The third kappa shape index (κ3) is 4.85. The lowest BCUT2D eigenvalue weighted by Gasteiger charge is -2.13. The average Bonchev–Trinajstić information content (AvgIpc) is 2.50. The number of aliphatic hydroxyl groups excluding tert-OH is 1. The van der Waals surface area contributed by atoms with E-state index in [-0.39, 0.29) is 23.6 Å². The van der Waals surface area contributed by atoms with Crippen LogP contribution >= 0.6 is 0 Å². The van der Waals surface area contributed by atoms with Gasteiger partial charge in [-0.05, 0) is 35.9 Å². The Balaban J connectivity index is 2.05. The second-order valence-corrected chi connectivity index (χ2v) is 5.20. The minimum Gasteiger partial charge on any atom is -0.388 e. The van der Waals surface area contributed by atoms with Crippen molar-refractivity contribution in [2.45, 2.75) is 19.4 Å². The summed E-state index contributed by atoms with van der Waals surface area (Å²) in [6.07, 6.45) is -1.59. The minimum atomic E-state index is -1.22. The fourth-order valence-corrected chi connectivity index (χ4v) is 2.11. The molecule has 2 amide bonds. The summed E-state index contributed by atoms with van der Waals surface area (Å²) < 4.78 is 26.9. The number of carbonyl (C=O) groups is 2. The zero-order chi connectivity index (χ0) is 17.7. The van der Waals surface area contributed by atoms with Crippen LogP contribution in [0.2, 0.25) is 0 Å². The van der Waals surface area contributed by atoms with Crippen LogP contribution in [0.25, 0.3) is 0 Å². The molecule has 5 nitrogen and oxygen atoms in total. The number of aliphatic hydroxyl groups is 1. The van der Waals surface area contributed by atoms with Crippen molar-refractivity contribution >= 4 is 23.2 Å². The van der Waals surface area contributed by atoms with Gasteiger partial charge < -0.3 is 15.7 Å². The van der Waals surface area contributed by atoms with Gasteiger partial charge in [0.1, 0.15) is 11.6 Å². The summed E-state index contributed by atoms with van der Waals surface area (Å²) in [7, 11) is 0. The number of amides is 2. The predicted octanol–water partition coefficient (Wildman–Crippen LogP) is 2.99. The van der Waals surface area contributed by atoms with Crippen molar-refractivity contribution in [1.29, 1.82) is 0 Å². The maximum atomic E-state index is 13.7. The van der Waals surface area contributed by atoms with Crippen molar-refractivity contribution in [3.8, 4) is 0 Å². The first-order valence-electron chi connectivity index (χ1n) is 7.15. The largest absolute Gasteiger partial charge is 0.388 e. The lowest BCUT2D eigenvalue weighted by atomic mass is 10.1. The van der Waals surface area contributed by atoms with Crippen LogP contribution in [0.3, 0.4) is 0 Å². The van der Waals surface area contributed by atoms with E-state index in [1.54, 1.807) is 0 Å². The number of hydrogen-bond donors (Lipinski definition) is 3. The molecule has 1 unspecified atom stereocenters. The molecule has 0 bridgehead atoms. The van der Waals surface area contributed by atoms with Crippen LogP contribution < -0.4 is 10.6 Å². The SMILES string of the molecule is CC(=O)Nc1ccc(F)c(NC(=O)CC(O)c2cccc(F)c2)c1. The molecule has 0 fully saturated rings. The van der Waals surface area contributed by atoms with Gasteiger partial charge in [0.25, 0.3) is 0 Å². The zero-order valence-electron chi connectivity index (χ0n) is 12.8. The normalized spacial score (nSPS) is 11.7. The zero-order valence-corrected chi connectivity index (χ0v) is 12.8. The maximum Gasteiger partial charge on any atom is 0.227 e. The van der Waals surface area contributed by atoms with Crippen molar-refractivity contribution in [3.05, 3.63) is 59.7 Å². The van der Waals surface area contributed by atoms with Crippen molar-refractivity contribution in [3.63, 3.8) is 0 Å². The van der Waals surface area contributed by atoms with Crippen LogP contribution in [-0.2, 0) is 9.59 Å². The van der Waals surface area contributed by atoms with Crippen LogP contribution in [-0.4, -0.2) is 16.9 Å². The molecular weight excluding hydrogens is 318 g/mol. The van der Waals surface area contributed by atoms with E-state index in [4.69, 9.17) is 0 Å². The quantitative estimate of drug-likeness (QED) is 0.786. The summed E-state index contributed by atoms with van der Waals surface area (Å²) in [6, 6.07) is 8.97. The molecule has 0 saturated heterocycles. The molecule has 0 radical (unpaired) electrons. The highest BCUT2D eigenvalue weighted by Gasteiger charge is 2.15. The molecule has 0 aliphatic heterocycles. The Labute approximate surface area is 137 Å². The van der Waals surface area contributed by atoms with Gasteiger partial charge in [0, 0.05) is 12.6 Å². The number of rotatable bonds is 5. The van der Waals surface area contributed by atoms with E-state index in [9.17, 15) is 23.5 Å². The molecule has 3 N–H and O–H groups in total. The third-order valence-corrected chi connectivity index (χ3v) is 3.17. The Kier molecular flexibility index (Phi) is 5.59. The molecule has 7 heteroatoms. The van der Waals surface area contributed by atoms with E-state index in [0.717, 1.165) is 12.1 Å². The molecule has 126 valence electrons. The van der Waals surface area contributed by atoms with Gasteiger partial charge >= 0.3 is 0 Å². The first-order chi connectivity index (χ1) is 11.3. The number of hydrogen-bond acceptors (Lipinski definition) is 3. The second-order valence-electron chi connectivity index (χ2n) is 5.20. The lowest BCUT2D eigenvalue weighted by molar-refractivity contribution is -0.118. The lowest BCUT2D eigenvalue weighted by Crippen LogP contribution is -2.17. The van der Waals surface area contributed by atoms with Crippen LogP contribution in [0.15, 0.2) is 42.5 Å². The van der Waals surface area contributed by atoms with Gasteiger partial charge in [-0.1, -0.05) is 12.1 Å². The molecule has 0 heterocycles. The monoisotopic (exact) mass is 334 g/mol. The first-order valence-corrected chi connectivity index (χ1v) is 7.15. The predicted molar refractivity (Wildman–Crippen MR) is 85.3 cm³/mol. The first kappa shape index (κ1) is 17.6. The molecule has 0 aliphatic rings. The summed E-state index contributed by atoms with van der Waals surface area (Å²) in [6.45, 7) is 1.30. The number of anilines is 2. The molecule has 0 saturated carbocycles. The average molecular weight is 334 g/mol. The number of nitrogens with one attached hydrogen (secondary N) is 2. The van der Waals surface area contributed by atoms with Crippen molar-refractivity contribution in [1.82, 2.24) is 0 Å². The fourth-order valence-electron chi connectivity index (χ4n) is 2.11. The van der Waals surface area contributed by atoms with Crippen LogP contribution in [0.4, 0.5) is 20.2 Å². The highest BCUT2D eigenvalue weighted by molar-refractivity contribution is 5.93. The van der Waals surface area contributed by atoms with Gasteiger partial charge in [-0.3, -0.25) is 9.59 Å². The summed E-state index contributed by atoms with van der Waals surface area (Å²) in [5, 5.41) is 14.7. The van der Waals surface area contributed by atoms with E-state index >= 15 is 0 Å². The standard InChI is InChI=1S/C17H16F2N2O3/c1-10(22)20-13-5-6-14(19)15(8-13)21-17(24)9-16(23)11-3-2-4-12(18)7-11/h2-8,16,23H,9H2,1H3,(H,20,22)(H,21,24). The maximum absolute atomic E-state index is 13.7. The Morgan fingerprint density at radius 3 is 2.54 bits per heavy atom. The molecule has 2 rings (SSSR count). The van der Waals surface area contributed by atoms with E-state index in [0.29, 0.717) is 5.69 Å². The van der Waals surface area contributed by atoms with Crippen LogP contribution in [0.1, 0.15) is 25.0 Å². The van der Waals surface area contributed by atoms with Gasteiger partial charge in [0.15, 0.2) is 0 Å². The van der Waals surface area contributed by atoms with E-state index in [2.05, 4.69) is 10.6 Å². The third-order valence-electron chi connectivity index (χ3n) is 3.17. The van der Waals surface area contributed by atoms with Crippen molar-refractivity contribution in [2.75, 3.05) is 10.6 Å². The van der Waals surface area contributed by atoms with Gasteiger partial charge in [0.05, 0.1) is 18.2 Å². The Bertz CT molecular complexity index is 765. The van der Waals surface area contributed by atoms with Crippen LogP contribution in [0.5, 0.6) is 0 Å². The highest BCUT2D eigenvalue weighted by Crippen LogP contribution is 2.22. The topological polar surface area (TPSA) is 78.4 Å². The summed E-state index contributed by atoms with van der Waals surface area (Å²) in [5.41, 5.74) is 0.445. The smallest absolute Gasteiger partial charge is 0.227 e. The number of benzene rings is 2.